The molecule has 0 bridgehead atoms. The minimum absolute atomic E-state index is 0.169. The molecule has 1 aromatic heterocycles. The second-order valence-corrected chi connectivity index (χ2v) is 8.46. The second kappa shape index (κ2) is 10.2. The molecule has 0 fully saturated rings. The molecule has 0 aliphatic carbocycles. The van der Waals surface area contributed by atoms with E-state index in [0.29, 0.717) is 20.2 Å². The lowest BCUT2D eigenvalue weighted by Crippen LogP contribution is -2.14. The largest absolute Gasteiger partial charge is 0.325 e. The molecular formula is C20H17ClN4O2S2. The number of thioether (sulfide) groups is 1. The van der Waals surface area contributed by atoms with Crippen molar-refractivity contribution in [3.05, 3.63) is 70.8 Å². The van der Waals surface area contributed by atoms with E-state index in [9.17, 15) is 9.59 Å². The molecule has 2 N–H and O–H groups in total. The lowest BCUT2D eigenvalue weighted by atomic mass is 10.2. The van der Waals surface area contributed by atoms with E-state index >= 15 is 0 Å². The Balaban J connectivity index is 1.48. The fourth-order valence-corrected chi connectivity index (χ4v) is 3.99. The summed E-state index contributed by atoms with van der Waals surface area (Å²) in [7, 11) is 0. The summed E-state index contributed by atoms with van der Waals surface area (Å²) in [6, 6.07) is 14.9. The number of hydrogen-bond donors (Lipinski definition) is 2. The maximum absolute atomic E-state index is 12.2. The van der Waals surface area contributed by atoms with Gasteiger partial charge in [0.15, 0.2) is 4.34 Å². The summed E-state index contributed by atoms with van der Waals surface area (Å²) in [6.07, 6.45) is 3.15. The predicted molar refractivity (Wildman–Crippen MR) is 120 cm³/mol. The number of amides is 2. The van der Waals surface area contributed by atoms with Gasteiger partial charge in [-0.1, -0.05) is 71.1 Å². The normalized spacial score (nSPS) is 10.8. The highest BCUT2D eigenvalue weighted by molar-refractivity contribution is 8.01. The number of hydrogen-bond acceptors (Lipinski definition) is 6. The Kier molecular flexibility index (Phi) is 7.40. The van der Waals surface area contributed by atoms with Crippen LogP contribution in [-0.4, -0.2) is 27.8 Å². The first kappa shape index (κ1) is 21.0. The van der Waals surface area contributed by atoms with Crippen LogP contribution in [0.4, 0.5) is 10.8 Å². The highest BCUT2D eigenvalue weighted by Crippen LogP contribution is 2.27. The van der Waals surface area contributed by atoms with Crippen molar-refractivity contribution in [1.29, 1.82) is 0 Å². The molecule has 2 aromatic carbocycles. The van der Waals surface area contributed by atoms with Crippen LogP contribution in [0.15, 0.2) is 58.9 Å². The Morgan fingerprint density at radius 2 is 1.90 bits per heavy atom. The smallest absolute Gasteiger partial charge is 0.250 e. The lowest BCUT2D eigenvalue weighted by Gasteiger charge is -2.08. The zero-order valence-corrected chi connectivity index (χ0v) is 17.8. The number of benzene rings is 2. The number of anilines is 2. The van der Waals surface area contributed by atoms with Gasteiger partial charge in [0.05, 0.1) is 5.75 Å². The highest BCUT2D eigenvalue weighted by atomic mass is 35.5. The quantitative estimate of drug-likeness (QED) is 0.308. The van der Waals surface area contributed by atoms with Crippen molar-refractivity contribution in [2.75, 3.05) is 16.4 Å². The van der Waals surface area contributed by atoms with Crippen molar-refractivity contribution >= 4 is 63.4 Å². The van der Waals surface area contributed by atoms with E-state index in [1.807, 2.05) is 37.3 Å². The van der Waals surface area contributed by atoms with Gasteiger partial charge < -0.3 is 5.32 Å². The minimum atomic E-state index is -0.296. The van der Waals surface area contributed by atoms with E-state index in [-0.39, 0.29) is 17.6 Å². The number of rotatable bonds is 7. The summed E-state index contributed by atoms with van der Waals surface area (Å²) in [6.45, 7) is 1.84. The Morgan fingerprint density at radius 3 is 2.69 bits per heavy atom. The van der Waals surface area contributed by atoms with Crippen LogP contribution < -0.4 is 10.6 Å². The third-order valence-corrected chi connectivity index (χ3v) is 6.11. The minimum Gasteiger partial charge on any atom is -0.325 e. The third-order valence-electron chi connectivity index (χ3n) is 3.73. The van der Waals surface area contributed by atoms with Gasteiger partial charge in [0.2, 0.25) is 16.9 Å². The number of aromatic nitrogens is 2. The topological polar surface area (TPSA) is 84.0 Å². The van der Waals surface area contributed by atoms with Gasteiger partial charge in [0, 0.05) is 16.8 Å². The van der Waals surface area contributed by atoms with Crippen LogP contribution in [0.2, 0.25) is 5.02 Å². The average Bonchev–Trinajstić information content (AvgIpc) is 3.16. The van der Waals surface area contributed by atoms with Crippen molar-refractivity contribution in [3.8, 4) is 0 Å². The monoisotopic (exact) mass is 444 g/mol. The molecule has 2 amide bonds. The van der Waals surface area contributed by atoms with Gasteiger partial charge in [-0.05, 0) is 36.3 Å². The molecule has 0 saturated heterocycles. The molecule has 0 aliphatic heterocycles. The van der Waals surface area contributed by atoms with E-state index in [4.69, 9.17) is 11.6 Å². The van der Waals surface area contributed by atoms with Gasteiger partial charge in [0.1, 0.15) is 0 Å². The molecule has 148 valence electrons. The summed E-state index contributed by atoms with van der Waals surface area (Å²) < 4.78 is 0.588. The summed E-state index contributed by atoms with van der Waals surface area (Å²) in [4.78, 5) is 24.1. The van der Waals surface area contributed by atoms with Crippen LogP contribution in [-0.2, 0) is 9.59 Å². The average molecular weight is 445 g/mol. The molecule has 0 radical (unpaired) electrons. The Bertz CT molecular complexity index is 1040. The van der Waals surface area contributed by atoms with Gasteiger partial charge in [-0.25, -0.2) is 0 Å². The van der Waals surface area contributed by atoms with E-state index < -0.39 is 0 Å². The van der Waals surface area contributed by atoms with Crippen molar-refractivity contribution < 1.29 is 9.59 Å². The number of nitrogens with zero attached hydrogens (tertiary/aromatic N) is 2. The lowest BCUT2D eigenvalue weighted by molar-refractivity contribution is -0.114. The Hall–Kier alpha value is -2.68. The maximum Gasteiger partial charge on any atom is 0.250 e. The highest BCUT2D eigenvalue weighted by Gasteiger charge is 2.11. The van der Waals surface area contributed by atoms with Crippen LogP contribution in [0.5, 0.6) is 0 Å². The predicted octanol–water partition coefficient (Wildman–Crippen LogP) is 4.88. The third kappa shape index (κ3) is 6.42. The molecule has 29 heavy (non-hydrogen) atoms. The van der Waals surface area contributed by atoms with Crippen molar-refractivity contribution in [1.82, 2.24) is 10.2 Å². The van der Waals surface area contributed by atoms with E-state index in [2.05, 4.69) is 20.8 Å². The number of nitrogens with one attached hydrogen (secondary N) is 2. The Labute approximate surface area is 181 Å². The van der Waals surface area contributed by atoms with E-state index in [1.165, 1.54) is 29.2 Å². The first-order chi connectivity index (χ1) is 14.0. The number of carbonyl (C=O) groups is 2. The molecule has 1 heterocycles. The van der Waals surface area contributed by atoms with Crippen LogP contribution >= 0.6 is 34.7 Å². The zero-order valence-electron chi connectivity index (χ0n) is 15.4. The van der Waals surface area contributed by atoms with Crippen molar-refractivity contribution in [2.45, 2.75) is 11.3 Å². The molecule has 3 rings (SSSR count). The van der Waals surface area contributed by atoms with Gasteiger partial charge in [0.25, 0.3) is 0 Å². The van der Waals surface area contributed by atoms with Crippen molar-refractivity contribution in [3.63, 3.8) is 0 Å². The molecule has 0 atom stereocenters. The SMILES string of the molecule is Cc1c(Cl)cccc1NC(=O)CSc1nnc(NC(=O)/C=C/c2ccccc2)s1. The molecule has 0 spiro atoms. The van der Waals surface area contributed by atoms with Crippen LogP contribution in [0.25, 0.3) is 6.08 Å². The standard InChI is InChI=1S/C20H17ClN4O2S2/c1-13-15(21)8-5-9-16(13)22-18(27)12-28-20-25-24-19(29-20)23-17(26)11-10-14-6-3-2-4-7-14/h2-11H,12H2,1H3,(H,22,27)(H,23,24,26)/b11-10+. The van der Waals surface area contributed by atoms with Gasteiger partial charge in [-0.2, -0.15) is 0 Å². The van der Waals surface area contributed by atoms with E-state index in [1.54, 1.807) is 24.3 Å². The molecular weight excluding hydrogens is 428 g/mol. The first-order valence-corrected chi connectivity index (χ1v) is 10.7. The van der Waals surface area contributed by atoms with Crippen LogP contribution in [0, 0.1) is 6.92 Å². The first-order valence-electron chi connectivity index (χ1n) is 8.56. The van der Waals surface area contributed by atoms with Gasteiger partial charge >= 0.3 is 0 Å². The zero-order chi connectivity index (χ0) is 20.6. The summed E-state index contributed by atoms with van der Waals surface area (Å²) >= 11 is 8.52. The van der Waals surface area contributed by atoms with Gasteiger partial charge in [-0.3, -0.25) is 14.9 Å². The molecule has 0 aliphatic rings. The second-order valence-electron chi connectivity index (χ2n) is 5.86. The molecule has 0 unspecified atom stereocenters. The van der Waals surface area contributed by atoms with Crippen LogP contribution in [0.1, 0.15) is 11.1 Å². The Morgan fingerprint density at radius 1 is 1.10 bits per heavy atom. The summed E-state index contributed by atoms with van der Waals surface area (Å²) in [5, 5.41) is 14.4. The molecule has 6 nitrogen and oxygen atoms in total. The fraction of sp³-hybridized carbons (Fsp3) is 0.100. The fourth-order valence-electron chi connectivity index (χ4n) is 2.26. The maximum atomic E-state index is 12.2. The number of halogens is 1. The van der Waals surface area contributed by atoms with Crippen LogP contribution in [0.3, 0.4) is 0 Å². The molecule has 9 heteroatoms. The summed E-state index contributed by atoms with van der Waals surface area (Å²) in [5.74, 6) is -0.301. The number of carbonyl (C=O) groups excluding carboxylic acids is 2. The van der Waals surface area contributed by atoms with Gasteiger partial charge in [-0.15, -0.1) is 10.2 Å². The molecule has 3 aromatic rings. The molecule has 0 saturated carbocycles. The van der Waals surface area contributed by atoms with E-state index in [0.717, 1.165) is 11.1 Å². The van der Waals surface area contributed by atoms with Crippen molar-refractivity contribution in [2.24, 2.45) is 0 Å². The summed E-state index contributed by atoms with van der Waals surface area (Å²) in [5.41, 5.74) is 2.42.